The van der Waals surface area contributed by atoms with Gasteiger partial charge in [0.25, 0.3) is 0 Å². The first kappa shape index (κ1) is 10.9. The van der Waals surface area contributed by atoms with Crippen LogP contribution in [0.1, 0.15) is 39.5 Å². The van der Waals surface area contributed by atoms with Crippen LogP contribution in [-0.2, 0) is 0 Å². The van der Waals surface area contributed by atoms with Gasteiger partial charge in [-0.25, -0.2) is 0 Å². The molecule has 0 aliphatic heterocycles. The third kappa shape index (κ3) is 6.32. The van der Waals surface area contributed by atoms with Crippen LogP contribution in [-0.4, -0.2) is 19.1 Å². The van der Waals surface area contributed by atoms with Crippen molar-refractivity contribution in [1.29, 1.82) is 0 Å². The van der Waals surface area contributed by atoms with Gasteiger partial charge in [0.2, 0.25) is 0 Å². The Morgan fingerprint density at radius 3 is 2.55 bits per heavy atom. The summed E-state index contributed by atoms with van der Waals surface area (Å²) >= 11 is 0. The lowest BCUT2D eigenvalue weighted by Crippen LogP contribution is -2.32. The summed E-state index contributed by atoms with van der Waals surface area (Å²) in [6.07, 6.45) is 5.14. The number of hydrogen-bond donors (Lipinski definition) is 2. The third-order valence-corrected chi connectivity index (χ3v) is 1.98. The minimum Gasteiger partial charge on any atom is -0.329 e. The Labute approximate surface area is 70.5 Å². The van der Waals surface area contributed by atoms with E-state index in [9.17, 15) is 0 Å². The van der Waals surface area contributed by atoms with Gasteiger partial charge in [-0.05, 0) is 12.8 Å². The molecule has 68 valence electrons. The van der Waals surface area contributed by atoms with Gasteiger partial charge in [-0.15, -0.1) is 0 Å². The van der Waals surface area contributed by atoms with Gasteiger partial charge >= 0.3 is 0 Å². The maximum Gasteiger partial charge on any atom is 0.00770 e. The second kappa shape index (κ2) is 8.02. The SMILES string of the molecule is CCCC[C@@H](CC)NCCN. The number of hydrogen-bond acceptors (Lipinski definition) is 2. The average Bonchev–Trinajstić information content (AvgIpc) is 2.05. The van der Waals surface area contributed by atoms with Gasteiger partial charge in [0.05, 0.1) is 0 Å². The van der Waals surface area contributed by atoms with E-state index in [4.69, 9.17) is 5.73 Å². The average molecular weight is 158 g/mol. The molecule has 2 nitrogen and oxygen atoms in total. The monoisotopic (exact) mass is 158 g/mol. The summed E-state index contributed by atoms with van der Waals surface area (Å²) in [5, 5.41) is 3.43. The zero-order valence-corrected chi connectivity index (χ0v) is 7.90. The third-order valence-electron chi connectivity index (χ3n) is 1.98. The largest absolute Gasteiger partial charge is 0.329 e. The normalized spacial score (nSPS) is 13.4. The van der Waals surface area contributed by atoms with Crippen molar-refractivity contribution in [2.75, 3.05) is 13.1 Å². The number of rotatable bonds is 7. The molecular weight excluding hydrogens is 136 g/mol. The molecule has 0 radical (unpaired) electrons. The van der Waals surface area contributed by atoms with Crippen LogP contribution >= 0.6 is 0 Å². The highest BCUT2D eigenvalue weighted by Gasteiger charge is 2.02. The molecule has 0 aliphatic carbocycles. The molecule has 0 bridgehead atoms. The minimum absolute atomic E-state index is 0.693. The first-order chi connectivity index (χ1) is 5.35. The van der Waals surface area contributed by atoms with E-state index in [2.05, 4.69) is 19.2 Å². The summed E-state index contributed by atoms with van der Waals surface area (Å²) < 4.78 is 0. The minimum atomic E-state index is 0.693. The highest BCUT2D eigenvalue weighted by Crippen LogP contribution is 2.02. The Morgan fingerprint density at radius 1 is 1.36 bits per heavy atom. The number of nitrogens with one attached hydrogen (secondary N) is 1. The van der Waals surface area contributed by atoms with E-state index in [1.165, 1.54) is 25.7 Å². The fourth-order valence-corrected chi connectivity index (χ4v) is 1.19. The van der Waals surface area contributed by atoms with E-state index >= 15 is 0 Å². The summed E-state index contributed by atoms with van der Waals surface area (Å²) in [4.78, 5) is 0. The van der Waals surface area contributed by atoms with Crippen LogP contribution in [0, 0.1) is 0 Å². The van der Waals surface area contributed by atoms with Gasteiger partial charge < -0.3 is 11.1 Å². The van der Waals surface area contributed by atoms with E-state index in [-0.39, 0.29) is 0 Å². The first-order valence-corrected chi connectivity index (χ1v) is 4.78. The molecule has 0 saturated heterocycles. The van der Waals surface area contributed by atoms with E-state index in [0.717, 1.165) is 13.1 Å². The van der Waals surface area contributed by atoms with Gasteiger partial charge in [0.1, 0.15) is 0 Å². The highest BCUT2D eigenvalue weighted by atomic mass is 14.9. The van der Waals surface area contributed by atoms with Crippen molar-refractivity contribution in [3.05, 3.63) is 0 Å². The molecule has 0 rings (SSSR count). The van der Waals surface area contributed by atoms with Crippen molar-refractivity contribution >= 4 is 0 Å². The maximum atomic E-state index is 5.40. The van der Waals surface area contributed by atoms with Crippen LogP contribution in [0.5, 0.6) is 0 Å². The Kier molecular flexibility index (Phi) is 7.96. The van der Waals surface area contributed by atoms with Crippen LogP contribution in [0.2, 0.25) is 0 Å². The van der Waals surface area contributed by atoms with Crippen LogP contribution < -0.4 is 11.1 Å². The van der Waals surface area contributed by atoms with Crippen molar-refractivity contribution < 1.29 is 0 Å². The zero-order valence-electron chi connectivity index (χ0n) is 7.90. The Morgan fingerprint density at radius 2 is 2.09 bits per heavy atom. The topological polar surface area (TPSA) is 38.0 Å². The molecule has 0 fully saturated rings. The Balaban J connectivity index is 3.25. The van der Waals surface area contributed by atoms with Crippen molar-refractivity contribution in [1.82, 2.24) is 5.32 Å². The second-order valence-corrected chi connectivity index (χ2v) is 2.99. The standard InChI is InChI=1S/C9H22N2/c1-3-5-6-9(4-2)11-8-7-10/h9,11H,3-8,10H2,1-2H3/t9-/m1/s1. The summed E-state index contributed by atoms with van der Waals surface area (Å²) in [7, 11) is 0. The van der Waals surface area contributed by atoms with Crippen molar-refractivity contribution in [3.63, 3.8) is 0 Å². The Bertz CT molecular complexity index is 66.0. The van der Waals surface area contributed by atoms with E-state index in [1.54, 1.807) is 0 Å². The maximum absolute atomic E-state index is 5.40. The summed E-state index contributed by atoms with van der Waals surface area (Å²) in [6, 6.07) is 0.693. The molecule has 0 aromatic heterocycles. The second-order valence-electron chi connectivity index (χ2n) is 2.99. The molecule has 0 aliphatic rings. The lowest BCUT2D eigenvalue weighted by atomic mass is 10.1. The van der Waals surface area contributed by atoms with E-state index in [1.807, 2.05) is 0 Å². The molecule has 0 amide bonds. The molecule has 0 aromatic carbocycles. The molecule has 3 N–H and O–H groups in total. The lowest BCUT2D eigenvalue weighted by molar-refractivity contribution is 0.458. The zero-order chi connectivity index (χ0) is 8.53. The molecule has 0 heterocycles. The summed E-state index contributed by atoms with van der Waals surface area (Å²) in [6.45, 7) is 6.17. The molecule has 0 saturated carbocycles. The van der Waals surface area contributed by atoms with Crippen LogP contribution in [0.3, 0.4) is 0 Å². The quantitative estimate of drug-likeness (QED) is 0.589. The van der Waals surface area contributed by atoms with Crippen molar-refractivity contribution in [2.24, 2.45) is 5.73 Å². The van der Waals surface area contributed by atoms with Crippen LogP contribution in [0.15, 0.2) is 0 Å². The van der Waals surface area contributed by atoms with Gasteiger partial charge in [-0.1, -0.05) is 26.7 Å². The van der Waals surface area contributed by atoms with Gasteiger partial charge in [-0.3, -0.25) is 0 Å². The van der Waals surface area contributed by atoms with E-state index in [0.29, 0.717) is 6.04 Å². The number of unbranched alkanes of at least 4 members (excludes halogenated alkanes) is 1. The predicted molar refractivity (Wildman–Crippen MR) is 50.7 cm³/mol. The van der Waals surface area contributed by atoms with Gasteiger partial charge in [0, 0.05) is 19.1 Å². The van der Waals surface area contributed by atoms with Crippen molar-refractivity contribution in [2.45, 2.75) is 45.6 Å². The smallest absolute Gasteiger partial charge is 0.00770 e. The molecule has 1 atom stereocenters. The molecular formula is C9H22N2. The fraction of sp³-hybridized carbons (Fsp3) is 1.00. The molecule has 2 heteroatoms. The first-order valence-electron chi connectivity index (χ1n) is 4.78. The van der Waals surface area contributed by atoms with E-state index < -0.39 is 0 Å². The summed E-state index contributed by atoms with van der Waals surface area (Å²) in [5.74, 6) is 0. The fourth-order valence-electron chi connectivity index (χ4n) is 1.19. The van der Waals surface area contributed by atoms with Gasteiger partial charge in [0.15, 0.2) is 0 Å². The lowest BCUT2D eigenvalue weighted by Gasteiger charge is -2.15. The summed E-state index contributed by atoms with van der Waals surface area (Å²) in [5.41, 5.74) is 5.40. The molecule has 0 spiro atoms. The number of nitrogens with two attached hydrogens (primary N) is 1. The van der Waals surface area contributed by atoms with Gasteiger partial charge in [-0.2, -0.15) is 0 Å². The molecule has 11 heavy (non-hydrogen) atoms. The predicted octanol–water partition coefficient (Wildman–Crippen LogP) is 1.50. The molecule has 0 unspecified atom stereocenters. The van der Waals surface area contributed by atoms with Crippen molar-refractivity contribution in [3.8, 4) is 0 Å². The van der Waals surface area contributed by atoms with Crippen LogP contribution in [0.4, 0.5) is 0 Å². The molecule has 0 aromatic rings. The highest BCUT2D eigenvalue weighted by molar-refractivity contribution is 4.64. The van der Waals surface area contributed by atoms with Crippen LogP contribution in [0.25, 0.3) is 0 Å². The Hall–Kier alpha value is -0.0800.